The molecule has 29 heavy (non-hydrogen) atoms. The maximum atomic E-state index is 12.0. The number of aromatic amines is 1. The molecule has 0 radical (unpaired) electrons. The summed E-state index contributed by atoms with van der Waals surface area (Å²) in [5.41, 5.74) is 2.95. The highest BCUT2D eigenvalue weighted by Crippen LogP contribution is 2.23. The largest absolute Gasteiger partial charge is 0.497 e. The first-order valence-corrected chi connectivity index (χ1v) is 9.34. The topological polar surface area (TPSA) is 80.4 Å². The SMILES string of the molecule is COc1cccc(/C=C/C(=O)CC(=O)NCCc2c[nH]c3ccc(OC)cc23)c1. The van der Waals surface area contributed by atoms with Crippen LogP contribution in [0, 0.1) is 0 Å². The van der Waals surface area contributed by atoms with Crippen LogP contribution in [-0.2, 0) is 16.0 Å². The summed E-state index contributed by atoms with van der Waals surface area (Å²) in [6.45, 7) is 0.454. The predicted molar refractivity (Wildman–Crippen MR) is 113 cm³/mol. The second-order valence-electron chi connectivity index (χ2n) is 6.58. The van der Waals surface area contributed by atoms with Crippen molar-refractivity contribution in [2.45, 2.75) is 12.8 Å². The van der Waals surface area contributed by atoms with E-state index in [2.05, 4.69) is 10.3 Å². The molecule has 6 nitrogen and oxygen atoms in total. The minimum atomic E-state index is -0.289. The first-order chi connectivity index (χ1) is 14.1. The van der Waals surface area contributed by atoms with Crippen LogP contribution in [0.3, 0.4) is 0 Å². The molecule has 0 bridgehead atoms. The number of fused-ring (bicyclic) bond motifs is 1. The molecular formula is C23H24N2O4. The Hall–Kier alpha value is -3.54. The van der Waals surface area contributed by atoms with Crippen LogP contribution in [0.25, 0.3) is 17.0 Å². The number of carbonyl (C=O) groups is 2. The van der Waals surface area contributed by atoms with Gasteiger partial charge in [0.25, 0.3) is 0 Å². The van der Waals surface area contributed by atoms with Crippen molar-refractivity contribution < 1.29 is 19.1 Å². The number of methoxy groups -OCH3 is 2. The third kappa shape index (κ3) is 5.48. The normalized spacial score (nSPS) is 11.0. The van der Waals surface area contributed by atoms with Gasteiger partial charge in [0, 0.05) is 23.6 Å². The van der Waals surface area contributed by atoms with Gasteiger partial charge in [-0.15, -0.1) is 0 Å². The maximum absolute atomic E-state index is 12.0. The Bertz CT molecular complexity index is 1040. The van der Waals surface area contributed by atoms with E-state index in [4.69, 9.17) is 9.47 Å². The molecule has 0 saturated carbocycles. The Morgan fingerprint density at radius 2 is 1.86 bits per heavy atom. The molecule has 0 saturated heterocycles. The molecule has 0 aliphatic carbocycles. The van der Waals surface area contributed by atoms with E-state index in [1.807, 2.05) is 48.7 Å². The summed E-state index contributed by atoms with van der Waals surface area (Å²) in [7, 11) is 3.22. The fourth-order valence-corrected chi connectivity index (χ4v) is 3.04. The fourth-order valence-electron chi connectivity index (χ4n) is 3.04. The lowest BCUT2D eigenvalue weighted by Gasteiger charge is -2.04. The van der Waals surface area contributed by atoms with Crippen LogP contribution in [0.2, 0.25) is 0 Å². The third-order valence-corrected chi connectivity index (χ3v) is 4.58. The quantitative estimate of drug-likeness (QED) is 0.431. The van der Waals surface area contributed by atoms with Crippen LogP contribution in [0.15, 0.2) is 54.7 Å². The Morgan fingerprint density at radius 1 is 1.07 bits per heavy atom. The smallest absolute Gasteiger partial charge is 0.227 e. The second-order valence-corrected chi connectivity index (χ2v) is 6.58. The van der Waals surface area contributed by atoms with Gasteiger partial charge in [-0.2, -0.15) is 0 Å². The number of hydrogen-bond donors (Lipinski definition) is 2. The number of rotatable bonds is 9. The molecule has 0 aliphatic heterocycles. The number of carbonyl (C=O) groups excluding carboxylic acids is 2. The van der Waals surface area contributed by atoms with Gasteiger partial charge in [-0.25, -0.2) is 0 Å². The van der Waals surface area contributed by atoms with E-state index >= 15 is 0 Å². The van der Waals surface area contributed by atoms with Crippen LogP contribution in [-0.4, -0.2) is 37.4 Å². The van der Waals surface area contributed by atoms with Crippen molar-refractivity contribution in [3.63, 3.8) is 0 Å². The minimum Gasteiger partial charge on any atom is -0.497 e. The van der Waals surface area contributed by atoms with Gasteiger partial charge >= 0.3 is 0 Å². The van der Waals surface area contributed by atoms with Crippen LogP contribution >= 0.6 is 0 Å². The van der Waals surface area contributed by atoms with E-state index in [-0.39, 0.29) is 18.1 Å². The van der Waals surface area contributed by atoms with E-state index in [9.17, 15) is 9.59 Å². The number of nitrogens with one attached hydrogen (secondary N) is 2. The number of hydrogen-bond acceptors (Lipinski definition) is 4. The summed E-state index contributed by atoms with van der Waals surface area (Å²) in [6, 6.07) is 13.2. The summed E-state index contributed by atoms with van der Waals surface area (Å²) in [4.78, 5) is 27.3. The minimum absolute atomic E-state index is 0.178. The van der Waals surface area contributed by atoms with Crippen molar-refractivity contribution in [3.8, 4) is 11.5 Å². The third-order valence-electron chi connectivity index (χ3n) is 4.58. The molecule has 0 aliphatic rings. The van der Waals surface area contributed by atoms with Gasteiger partial charge in [0.2, 0.25) is 5.91 Å². The Morgan fingerprint density at radius 3 is 2.66 bits per heavy atom. The average Bonchev–Trinajstić information content (AvgIpc) is 3.14. The molecule has 150 valence electrons. The van der Waals surface area contributed by atoms with Gasteiger partial charge in [-0.3, -0.25) is 9.59 Å². The zero-order chi connectivity index (χ0) is 20.6. The number of aromatic nitrogens is 1. The van der Waals surface area contributed by atoms with Gasteiger partial charge in [0.15, 0.2) is 5.78 Å². The zero-order valence-electron chi connectivity index (χ0n) is 16.5. The van der Waals surface area contributed by atoms with E-state index in [0.29, 0.717) is 18.7 Å². The number of ether oxygens (including phenoxy) is 2. The van der Waals surface area contributed by atoms with Gasteiger partial charge in [-0.1, -0.05) is 18.2 Å². The average molecular weight is 392 g/mol. The van der Waals surface area contributed by atoms with E-state index in [0.717, 1.165) is 27.8 Å². The van der Waals surface area contributed by atoms with Gasteiger partial charge in [0.1, 0.15) is 11.5 Å². The van der Waals surface area contributed by atoms with Crippen LogP contribution in [0.4, 0.5) is 0 Å². The lowest BCUT2D eigenvalue weighted by molar-refractivity contribution is -0.126. The summed E-state index contributed by atoms with van der Waals surface area (Å²) >= 11 is 0. The van der Waals surface area contributed by atoms with Crippen LogP contribution in [0.5, 0.6) is 11.5 Å². The fraction of sp³-hybridized carbons (Fsp3) is 0.217. The molecule has 2 N–H and O–H groups in total. The Labute approximate surface area is 169 Å². The van der Waals surface area contributed by atoms with E-state index in [1.165, 1.54) is 6.08 Å². The number of amides is 1. The maximum Gasteiger partial charge on any atom is 0.227 e. The van der Waals surface area contributed by atoms with Gasteiger partial charge < -0.3 is 19.8 Å². The summed E-state index contributed by atoms with van der Waals surface area (Å²) in [5, 5.41) is 3.87. The standard InChI is InChI=1S/C23H24N2O4/c1-28-19-5-3-4-16(12-19)6-7-18(26)13-23(27)24-11-10-17-15-25-22-9-8-20(29-2)14-21(17)22/h3-9,12,14-15,25H,10-11,13H2,1-2H3,(H,24,27)/b7-6+. The van der Waals surface area contributed by atoms with E-state index in [1.54, 1.807) is 20.3 Å². The first kappa shape index (κ1) is 20.2. The number of ketones is 1. The first-order valence-electron chi connectivity index (χ1n) is 9.34. The van der Waals surface area contributed by atoms with Crippen molar-refractivity contribution in [2.75, 3.05) is 20.8 Å². The van der Waals surface area contributed by atoms with Crippen molar-refractivity contribution in [1.29, 1.82) is 0 Å². The number of allylic oxidation sites excluding steroid dienone is 1. The second kappa shape index (κ2) is 9.59. The molecule has 1 heterocycles. The Balaban J connectivity index is 1.48. The van der Waals surface area contributed by atoms with Gasteiger partial charge in [-0.05, 0) is 54.0 Å². The van der Waals surface area contributed by atoms with Gasteiger partial charge in [0.05, 0.1) is 20.6 Å². The van der Waals surface area contributed by atoms with Crippen molar-refractivity contribution in [2.24, 2.45) is 0 Å². The van der Waals surface area contributed by atoms with E-state index < -0.39 is 0 Å². The molecule has 0 unspecified atom stereocenters. The summed E-state index contributed by atoms with van der Waals surface area (Å²) < 4.78 is 10.4. The Kier molecular flexibility index (Phi) is 6.68. The number of H-pyrrole nitrogens is 1. The molecule has 3 rings (SSSR count). The molecule has 0 spiro atoms. The van der Waals surface area contributed by atoms with Crippen LogP contribution < -0.4 is 14.8 Å². The predicted octanol–water partition coefficient (Wildman–Crippen LogP) is 3.52. The van der Waals surface area contributed by atoms with Crippen molar-refractivity contribution in [3.05, 3.63) is 65.9 Å². The molecule has 0 fully saturated rings. The molecule has 1 aromatic heterocycles. The highest BCUT2D eigenvalue weighted by molar-refractivity contribution is 6.05. The molecule has 2 aromatic carbocycles. The molecule has 6 heteroatoms. The monoisotopic (exact) mass is 392 g/mol. The summed E-state index contributed by atoms with van der Waals surface area (Å²) in [5.74, 6) is 0.966. The van der Waals surface area contributed by atoms with Crippen molar-refractivity contribution in [1.82, 2.24) is 10.3 Å². The highest BCUT2D eigenvalue weighted by Gasteiger charge is 2.08. The highest BCUT2D eigenvalue weighted by atomic mass is 16.5. The lowest BCUT2D eigenvalue weighted by atomic mass is 10.1. The molecular weight excluding hydrogens is 368 g/mol. The molecule has 3 aromatic rings. The molecule has 0 atom stereocenters. The number of benzene rings is 2. The zero-order valence-corrected chi connectivity index (χ0v) is 16.5. The van der Waals surface area contributed by atoms with Crippen molar-refractivity contribution >= 4 is 28.7 Å². The van der Waals surface area contributed by atoms with Crippen LogP contribution in [0.1, 0.15) is 17.5 Å². The molecule has 1 amide bonds. The lowest BCUT2D eigenvalue weighted by Crippen LogP contribution is -2.27. The summed E-state index contributed by atoms with van der Waals surface area (Å²) in [6.07, 6.45) is 5.50.